The first kappa shape index (κ1) is 11.7. The van der Waals surface area contributed by atoms with Crippen LogP contribution < -0.4 is 5.73 Å². The van der Waals surface area contributed by atoms with Gasteiger partial charge >= 0.3 is 5.97 Å². The molecule has 0 aliphatic heterocycles. The Hall–Kier alpha value is -2.74. The Labute approximate surface area is 102 Å². The lowest BCUT2D eigenvalue weighted by atomic mass is 10.1. The van der Waals surface area contributed by atoms with Gasteiger partial charge in [0.05, 0.1) is 6.42 Å². The van der Waals surface area contributed by atoms with Crippen molar-refractivity contribution in [3.63, 3.8) is 0 Å². The van der Waals surface area contributed by atoms with Gasteiger partial charge in [0.1, 0.15) is 5.58 Å². The van der Waals surface area contributed by atoms with Crippen LogP contribution in [0.1, 0.15) is 22.5 Å². The predicted octanol–water partition coefficient (Wildman–Crippen LogP) is 1.36. The average molecular weight is 243 g/mol. The van der Waals surface area contributed by atoms with Crippen LogP contribution in [0.5, 0.6) is 0 Å². The van der Waals surface area contributed by atoms with Crippen LogP contribution in [0.2, 0.25) is 0 Å². The van der Waals surface area contributed by atoms with Crippen LogP contribution in [-0.4, -0.2) is 17.0 Å². The molecule has 0 aliphatic carbocycles. The highest BCUT2D eigenvalue weighted by Gasteiger charge is 2.09. The van der Waals surface area contributed by atoms with E-state index in [0.717, 1.165) is 0 Å². The van der Waals surface area contributed by atoms with Gasteiger partial charge in [-0.25, -0.2) is 4.79 Å². The second-order valence-corrected chi connectivity index (χ2v) is 3.61. The van der Waals surface area contributed by atoms with E-state index < -0.39 is 11.9 Å². The molecule has 0 bridgehead atoms. The minimum Gasteiger partial charge on any atom is -0.475 e. The van der Waals surface area contributed by atoms with E-state index in [1.807, 2.05) is 0 Å². The summed E-state index contributed by atoms with van der Waals surface area (Å²) < 4.78 is 5.11. The molecule has 2 rings (SSSR count). The van der Waals surface area contributed by atoms with Crippen molar-refractivity contribution in [2.45, 2.75) is 6.42 Å². The van der Waals surface area contributed by atoms with Gasteiger partial charge in [0, 0.05) is 10.9 Å². The molecule has 0 saturated carbocycles. The van der Waals surface area contributed by atoms with Crippen LogP contribution in [0.4, 0.5) is 0 Å². The number of rotatable bonds is 2. The molecule has 0 saturated heterocycles. The van der Waals surface area contributed by atoms with E-state index in [1.165, 1.54) is 6.07 Å². The number of furan rings is 1. The highest BCUT2D eigenvalue weighted by molar-refractivity contribution is 5.91. The molecule has 5 nitrogen and oxygen atoms in total. The van der Waals surface area contributed by atoms with E-state index in [-0.39, 0.29) is 12.2 Å². The summed E-state index contributed by atoms with van der Waals surface area (Å²) in [6.07, 6.45) is -0.0101. The monoisotopic (exact) mass is 243 g/mol. The van der Waals surface area contributed by atoms with Crippen LogP contribution in [-0.2, 0) is 4.79 Å². The van der Waals surface area contributed by atoms with E-state index in [0.29, 0.717) is 16.5 Å². The summed E-state index contributed by atoms with van der Waals surface area (Å²) in [5.74, 6) is 3.67. The van der Waals surface area contributed by atoms with E-state index >= 15 is 0 Å². The fourth-order valence-corrected chi connectivity index (χ4v) is 1.46. The normalized spacial score (nSPS) is 9.78. The molecule has 1 aromatic heterocycles. The summed E-state index contributed by atoms with van der Waals surface area (Å²) in [5.41, 5.74) is 6.11. The largest absolute Gasteiger partial charge is 0.475 e. The second kappa shape index (κ2) is 4.63. The van der Waals surface area contributed by atoms with Crippen molar-refractivity contribution in [2.24, 2.45) is 5.73 Å². The van der Waals surface area contributed by atoms with Crippen molar-refractivity contribution in [1.82, 2.24) is 0 Å². The minimum absolute atomic E-state index is 0.0101. The van der Waals surface area contributed by atoms with Crippen molar-refractivity contribution in [1.29, 1.82) is 0 Å². The SMILES string of the molecule is NC(=O)CC#Cc1ccc2oc(C(=O)O)cc2c1. The van der Waals surface area contributed by atoms with E-state index in [2.05, 4.69) is 11.8 Å². The topological polar surface area (TPSA) is 93.5 Å². The molecule has 5 heteroatoms. The van der Waals surface area contributed by atoms with Gasteiger partial charge in [-0.1, -0.05) is 11.8 Å². The maximum absolute atomic E-state index is 10.7. The molecule has 18 heavy (non-hydrogen) atoms. The zero-order valence-electron chi connectivity index (χ0n) is 9.27. The summed E-state index contributed by atoms with van der Waals surface area (Å²) in [4.78, 5) is 21.2. The van der Waals surface area contributed by atoms with Crippen LogP contribution in [0.25, 0.3) is 11.0 Å². The molecule has 1 aromatic carbocycles. The number of amides is 1. The second-order valence-electron chi connectivity index (χ2n) is 3.61. The number of primary amides is 1. The number of hydrogen-bond acceptors (Lipinski definition) is 3. The first-order valence-electron chi connectivity index (χ1n) is 5.10. The minimum atomic E-state index is -1.12. The Bertz CT molecular complexity index is 688. The molecule has 90 valence electrons. The third-order valence-corrected chi connectivity index (χ3v) is 2.22. The molecule has 0 spiro atoms. The van der Waals surface area contributed by atoms with E-state index in [4.69, 9.17) is 15.3 Å². The summed E-state index contributed by atoms with van der Waals surface area (Å²) >= 11 is 0. The fraction of sp³-hybridized carbons (Fsp3) is 0.0769. The summed E-state index contributed by atoms with van der Waals surface area (Å²) in [5, 5.41) is 9.44. The lowest BCUT2D eigenvalue weighted by Gasteiger charge is -1.90. The van der Waals surface area contributed by atoms with Gasteiger partial charge in [0.15, 0.2) is 0 Å². The molecule has 0 atom stereocenters. The van der Waals surface area contributed by atoms with Crippen molar-refractivity contribution in [3.8, 4) is 11.8 Å². The van der Waals surface area contributed by atoms with E-state index in [1.54, 1.807) is 18.2 Å². The first-order chi connectivity index (χ1) is 8.56. The zero-order chi connectivity index (χ0) is 13.1. The van der Waals surface area contributed by atoms with E-state index in [9.17, 15) is 9.59 Å². The quantitative estimate of drug-likeness (QED) is 0.778. The molecule has 0 aliphatic rings. The van der Waals surface area contributed by atoms with Gasteiger partial charge < -0.3 is 15.3 Å². The maximum Gasteiger partial charge on any atom is 0.371 e. The van der Waals surface area contributed by atoms with Gasteiger partial charge in [0.2, 0.25) is 11.7 Å². The van der Waals surface area contributed by atoms with Gasteiger partial charge in [0.25, 0.3) is 0 Å². The highest BCUT2D eigenvalue weighted by Crippen LogP contribution is 2.20. The summed E-state index contributed by atoms with van der Waals surface area (Å²) in [6.45, 7) is 0. The molecule has 1 heterocycles. The number of nitrogens with two attached hydrogens (primary N) is 1. The molecule has 1 amide bonds. The highest BCUT2D eigenvalue weighted by atomic mass is 16.4. The molecular weight excluding hydrogens is 234 g/mol. The number of carboxylic acids is 1. The van der Waals surface area contributed by atoms with Crippen molar-refractivity contribution < 1.29 is 19.1 Å². The first-order valence-corrected chi connectivity index (χ1v) is 5.10. The standard InChI is InChI=1S/C13H9NO4/c14-12(15)3-1-2-8-4-5-10-9(6-8)7-11(18-10)13(16)17/h4-7H,3H2,(H2,14,15)(H,16,17). The number of carboxylic acid groups (broad SMARTS) is 1. The van der Waals surface area contributed by atoms with Gasteiger partial charge in [-0.3, -0.25) is 4.79 Å². The predicted molar refractivity (Wildman–Crippen MR) is 63.9 cm³/mol. The average Bonchev–Trinajstić information content (AvgIpc) is 2.71. The van der Waals surface area contributed by atoms with Crippen molar-refractivity contribution in [3.05, 3.63) is 35.6 Å². The Morgan fingerprint density at radius 3 is 2.78 bits per heavy atom. The maximum atomic E-state index is 10.7. The van der Waals surface area contributed by atoms with Crippen LogP contribution >= 0.6 is 0 Å². The third-order valence-electron chi connectivity index (χ3n) is 2.22. The molecule has 0 radical (unpaired) electrons. The lowest BCUT2D eigenvalue weighted by molar-refractivity contribution is -0.117. The van der Waals surface area contributed by atoms with Crippen LogP contribution in [0, 0.1) is 11.8 Å². The third kappa shape index (κ3) is 2.50. The van der Waals surface area contributed by atoms with Crippen molar-refractivity contribution in [2.75, 3.05) is 0 Å². The van der Waals surface area contributed by atoms with Crippen LogP contribution in [0.3, 0.4) is 0 Å². The van der Waals surface area contributed by atoms with Gasteiger partial charge in [-0.05, 0) is 24.3 Å². The number of fused-ring (bicyclic) bond motifs is 1. The molecule has 0 fully saturated rings. The number of carbonyl (C=O) groups excluding carboxylic acids is 1. The number of benzene rings is 1. The smallest absolute Gasteiger partial charge is 0.371 e. The Morgan fingerprint density at radius 1 is 1.33 bits per heavy atom. The number of hydrogen-bond donors (Lipinski definition) is 2. The fourth-order valence-electron chi connectivity index (χ4n) is 1.46. The number of carbonyl (C=O) groups is 2. The summed E-state index contributed by atoms with van der Waals surface area (Å²) in [7, 11) is 0. The van der Waals surface area contributed by atoms with Crippen molar-refractivity contribution >= 4 is 22.8 Å². The molecule has 3 N–H and O–H groups in total. The van der Waals surface area contributed by atoms with Gasteiger partial charge in [-0.2, -0.15) is 0 Å². The summed E-state index contributed by atoms with van der Waals surface area (Å²) in [6, 6.07) is 6.44. The lowest BCUT2D eigenvalue weighted by Crippen LogP contribution is -2.08. The molecule has 2 aromatic rings. The Balaban J connectivity index is 2.34. The zero-order valence-corrected chi connectivity index (χ0v) is 9.27. The molecular formula is C13H9NO4. The van der Waals surface area contributed by atoms with Crippen LogP contribution in [0.15, 0.2) is 28.7 Å². The van der Waals surface area contributed by atoms with Gasteiger partial charge in [-0.15, -0.1) is 0 Å². The molecule has 0 unspecified atom stereocenters. The Morgan fingerprint density at radius 2 is 2.11 bits per heavy atom. The number of aromatic carboxylic acids is 1. The Kier molecular flexibility index (Phi) is 3.02.